The van der Waals surface area contributed by atoms with E-state index in [-0.39, 0.29) is 17.3 Å². The van der Waals surface area contributed by atoms with Crippen molar-refractivity contribution >= 4 is 44.8 Å². The van der Waals surface area contributed by atoms with Crippen molar-refractivity contribution in [2.24, 2.45) is 0 Å². The summed E-state index contributed by atoms with van der Waals surface area (Å²) in [6.07, 6.45) is 3.81. The third-order valence-electron chi connectivity index (χ3n) is 4.35. The molecule has 2 aromatic carbocycles. The normalized spacial score (nSPS) is 14.4. The number of nitrogens with one attached hydrogen (secondary N) is 1. The summed E-state index contributed by atoms with van der Waals surface area (Å²) in [6.45, 7) is 1.84. The van der Waals surface area contributed by atoms with Gasteiger partial charge in [-0.2, -0.15) is 0 Å². The molecule has 0 bridgehead atoms. The second-order valence-corrected chi connectivity index (χ2v) is 7.77. The molecule has 0 radical (unpaired) electrons. The lowest BCUT2D eigenvalue weighted by molar-refractivity contribution is 0.599. The van der Waals surface area contributed by atoms with Gasteiger partial charge in [-0.05, 0) is 55.3 Å². The number of anilines is 2. The number of benzene rings is 2. The highest BCUT2D eigenvalue weighted by Crippen LogP contribution is 2.34. The van der Waals surface area contributed by atoms with E-state index < -0.39 is 15.8 Å². The summed E-state index contributed by atoms with van der Waals surface area (Å²) in [5.41, 5.74) is 2.10. The smallest absolute Gasteiger partial charge is 0.261 e. The van der Waals surface area contributed by atoms with Gasteiger partial charge >= 0.3 is 0 Å². The van der Waals surface area contributed by atoms with Crippen LogP contribution in [0.15, 0.2) is 58.0 Å². The lowest BCUT2D eigenvalue weighted by Crippen LogP contribution is -2.18. The number of sulfonamides is 1. The maximum absolute atomic E-state index is 13.0. The van der Waals surface area contributed by atoms with E-state index in [1.807, 2.05) is 6.07 Å². The van der Waals surface area contributed by atoms with Crippen LogP contribution in [0.25, 0.3) is 11.0 Å². The molecule has 1 aromatic heterocycles. The quantitative estimate of drug-likeness (QED) is 0.710. The van der Waals surface area contributed by atoms with Crippen molar-refractivity contribution in [3.8, 4) is 0 Å². The molecule has 8 heteroatoms. The molecule has 26 heavy (non-hydrogen) atoms. The first-order valence-corrected chi connectivity index (χ1v) is 9.56. The summed E-state index contributed by atoms with van der Waals surface area (Å²) < 4.78 is 46.3. The van der Waals surface area contributed by atoms with Crippen LogP contribution in [-0.2, 0) is 10.0 Å². The first-order chi connectivity index (χ1) is 12.0. The summed E-state index contributed by atoms with van der Waals surface area (Å²) >= 11 is 0. The van der Waals surface area contributed by atoms with Gasteiger partial charge in [-0.3, -0.25) is 4.72 Å². The fourth-order valence-electron chi connectivity index (χ4n) is 3.14. The van der Waals surface area contributed by atoms with Crippen molar-refractivity contribution in [1.29, 1.82) is 0 Å². The van der Waals surface area contributed by atoms with E-state index >= 15 is 0 Å². The molecule has 5 nitrogen and oxygen atoms in total. The molecule has 0 saturated carbocycles. The molecule has 1 aliphatic heterocycles. The maximum atomic E-state index is 13.0. The van der Waals surface area contributed by atoms with Crippen molar-refractivity contribution in [2.45, 2.75) is 17.7 Å². The minimum Gasteiger partial charge on any atom is -0.462 e. The maximum Gasteiger partial charge on any atom is 0.261 e. The highest BCUT2D eigenvalue weighted by atomic mass is 35.5. The Bertz CT molecular complexity index is 1010. The standard InChI is InChI=1S/C18H17FN2O3S.ClH/c19-14-3-5-16(6-4-14)25(22,23)20-15-11-13-7-10-24-18(13)17(12-15)21-8-1-2-9-21;/h3-7,10-12,20H,1-2,8-9H2;1H. The Morgan fingerprint density at radius 3 is 2.42 bits per heavy atom. The van der Waals surface area contributed by atoms with E-state index in [9.17, 15) is 12.8 Å². The lowest BCUT2D eigenvalue weighted by Gasteiger charge is -2.19. The van der Waals surface area contributed by atoms with Gasteiger partial charge in [0.25, 0.3) is 10.0 Å². The third-order valence-corrected chi connectivity index (χ3v) is 5.75. The molecule has 1 fully saturated rings. The van der Waals surface area contributed by atoms with Crippen LogP contribution in [0.5, 0.6) is 0 Å². The minimum absolute atomic E-state index is 0. The Morgan fingerprint density at radius 2 is 1.73 bits per heavy atom. The van der Waals surface area contributed by atoms with E-state index in [4.69, 9.17) is 4.42 Å². The molecule has 1 saturated heterocycles. The first kappa shape index (κ1) is 18.5. The van der Waals surface area contributed by atoms with E-state index in [0.717, 1.165) is 54.7 Å². The summed E-state index contributed by atoms with van der Waals surface area (Å²) in [5, 5.41) is 0.834. The Kier molecular flexibility index (Phi) is 5.11. The number of fused-ring (bicyclic) bond motifs is 1. The molecular weight excluding hydrogens is 379 g/mol. The van der Waals surface area contributed by atoms with Crippen LogP contribution in [0, 0.1) is 5.82 Å². The summed E-state index contributed by atoms with van der Waals surface area (Å²) in [5.74, 6) is -0.477. The van der Waals surface area contributed by atoms with Gasteiger partial charge in [0.2, 0.25) is 0 Å². The first-order valence-electron chi connectivity index (χ1n) is 8.07. The minimum atomic E-state index is -3.79. The number of hydrogen-bond acceptors (Lipinski definition) is 4. The Balaban J connectivity index is 0.00000196. The number of rotatable bonds is 4. The van der Waals surface area contributed by atoms with Crippen LogP contribution < -0.4 is 9.62 Å². The highest BCUT2D eigenvalue weighted by molar-refractivity contribution is 7.92. The molecule has 0 atom stereocenters. The summed E-state index contributed by atoms with van der Waals surface area (Å²) in [6, 6.07) is 10.1. The van der Waals surface area contributed by atoms with E-state index in [1.54, 1.807) is 18.4 Å². The number of furan rings is 1. The van der Waals surface area contributed by atoms with Crippen molar-refractivity contribution in [1.82, 2.24) is 0 Å². The van der Waals surface area contributed by atoms with Crippen molar-refractivity contribution < 1.29 is 17.2 Å². The van der Waals surface area contributed by atoms with Gasteiger partial charge in [-0.1, -0.05) is 0 Å². The highest BCUT2D eigenvalue weighted by Gasteiger charge is 2.20. The molecule has 138 valence electrons. The average Bonchev–Trinajstić information content (AvgIpc) is 3.25. The van der Waals surface area contributed by atoms with Crippen LogP contribution in [0.1, 0.15) is 12.8 Å². The summed E-state index contributed by atoms with van der Waals surface area (Å²) in [4.78, 5) is 2.21. The topological polar surface area (TPSA) is 62.6 Å². The number of nitrogens with zero attached hydrogens (tertiary/aromatic N) is 1. The molecule has 4 rings (SSSR count). The SMILES string of the molecule is Cl.O=S(=O)(Nc1cc(N2CCCC2)c2occc2c1)c1ccc(F)cc1. The fourth-order valence-corrected chi connectivity index (χ4v) is 4.18. The van der Waals surface area contributed by atoms with Gasteiger partial charge in [-0.25, -0.2) is 12.8 Å². The molecule has 0 spiro atoms. The number of hydrogen-bond donors (Lipinski definition) is 1. The van der Waals surface area contributed by atoms with E-state index in [2.05, 4.69) is 9.62 Å². The Morgan fingerprint density at radius 1 is 1.04 bits per heavy atom. The van der Waals surface area contributed by atoms with Gasteiger partial charge < -0.3 is 9.32 Å². The Hall–Kier alpha value is -2.25. The van der Waals surface area contributed by atoms with Crippen LogP contribution in [0.4, 0.5) is 15.8 Å². The number of halogens is 2. The predicted octanol–water partition coefficient (Wildman–Crippen LogP) is 4.39. The zero-order chi connectivity index (χ0) is 17.4. The fraction of sp³-hybridized carbons (Fsp3) is 0.222. The lowest BCUT2D eigenvalue weighted by atomic mass is 10.2. The van der Waals surface area contributed by atoms with Gasteiger partial charge in [0.05, 0.1) is 22.5 Å². The molecule has 0 amide bonds. The van der Waals surface area contributed by atoms with Crippen molar-refractivity contribution in [2.75, 3.05) is 22.7 Å². The molecular formula is C18H18ClFN2O3S. The van der Waals surface area contributed by atoms with Crippen LogP contribution >= 0.6 is 12.4 Å². The monoisotopic (exact) mass is 396 g/mol. The van der Waals surface area contributed by atoms with Gasteiger partial charge in [0, 0.05) is 18.5 Å². The molecule has 0 aliphatic carbocycles. The molecule has 1 aliphatic rings. The molecule has 3 aromatic rings. The second kappa shape index (κ2) is 7.17. The molecule has 0 unspecified atom stereocenters. The largest absolute Gasteiger partial charge is 0.462 e. The van der Waals surface area contributed by atoms with Crippen molar-refractivity contribution in [3.05, 3.63) is 54.5 Å². The second-order valence-electron chi connectivity index (χ2n) is 6.09. The van der Waals surface area contributed by atoms with Gasteiger partial charge in [0.15, 0.2) is 5.58 Å². The zero-order valence-corrected chi connectivity index (χ0v) is 15.4. The Labute approximate surface area is 157 Å². The van der Waals surface area contributed by atoms with E-state index in [1.165, 1.54) is 12.1 Å². The summed E-state index contributed by atoms with van der Waals surface area (Å²) in [7, 11) is -3.79. The van der Waals surface area contributed by atoms with Gasteiger partial charge in [-0.15, -0.1) is 12.4 Å². The third kappa shape index (κ3) is 3.50. The predicted molar refractivity (Wildman–Crippen MR) is 102 cm³/mol. The van der Waals surface area contributed by atoms with Crippen LogP contribution in [0.2, 0.25) is 0 Å². The van der Waals surface area contributed by atoms with Crippen LogP contribution in [0.3, 0.4) is 0 Å². The van der Waals surface area contributed by atoms with Crippen LogP contribution in [-0.4, -0.2) is 21.5 Å². The molecule has 2 heterocycles. The zero-order valence-electron chi connectivity index (χ0n) is 13.8. The average molecular weight is 397 g/mol. The molecule has 1 N–H and O–H groups in total. The van der Waals surface area contributed by atoms with Crippen molar-refractivity contribution in [3.63, 3.8) is 0 Å². The van der Waals surface area contributed by atoms with E-state index in [0.29, 0.717) is 5.69 Å². The van der Waals surface area contributed by atoms with Gasteiger partial charge in [0.1, 0.15) is 5.82 Å².